The molecule has 0 spiro atoms. The Balaban J connectivity index is 0.00000289. The molecule has 104 valence electrons. The largest absolute Gasteiger partial charge is 0.503 e. The molecule has 18 heavy (non-hydrogen) atoms. The topological polar surface area (TPSA) is 55.5 Å². The van der Waals surface area contributed by atoms with Gasteiger partial charge in [0.05, 0.1) is 11.1 Å². The number of phenolic OH excluding ortho intramolecular Hbond substituents is 1. The summed E-state index contributed by atoms with van der Waals surface area (Å²) in [5.74, 6) is 0.591. The second-order valence-corrected chi connectivity index (χ2v) is 5.98. The summed E-state index contributed by atoms with van der Waals surface area (Å²) in [6, 6.07) is 3.53. The summed E-state index contributed by atoms with van der Waals surface area (Å²) >= 11 is 3.32. The monoisotopic (exact) mass is 337 g/mol. The van der Waals surface area contributed by atoms with Gasteiger partial charge in [-0.2, -0.15) is 0 Å². The van der Waals surface area contributed by atoms with Crippen molar-refractivity contribution in [2.24, 2.45) is 11.1 Å². The summed E-state index contributed by atoms with van der Waals surface area (Å²) < 4.78 is 5.99. The number of benzene rings is 1. The maximum Gasteiger partial charge on any atom is 0.172 e. The maximum absolute atomic E-state index is 9.83. The fraction of sp³-hybridized carbons (Fsp3) is 0.538. The first-order valence-corrected chi connectivity index (χ1v) is 6.47. The molecule has 1 aromatic rings. The molecule has 0 unspecified atom stereocenters. The van der Waals surface area contributed by atoms with Crippen molar-refractivity contribution in [3.63, 3.8) is 0 Å². The molecule has 0 saturated heterocycles. The predicted octanol–water partition coefficient (Wildman–Crippen LogP) is 4.02. The first-order chi connectivity index (χ1) is 7.77. The maximum atomic E-state index is 9.83. The third-order valence-electron chi connectivity index (χ3n) is 2.64. The zero-order valence-electron chi connectivity index (χ0n) is 11.2. The Morgan fingerprint density at radius 2 is 1.94 bits per heavy atom. The van der Waals surface area contributed by atoms with Crippen LogP contribution < -0.4 is 10.5 Å². The first kappa shape index (κ1) is 17.6. The van der Waals surface area contributed by atoms with Crippen LogP contribution in [0, 0.1) is 5.41 Å². The fourth-order valence-electron chi connectivity index (χ4n) is 1.54. The molecule has 3 nitrogen and oxygen atoms in total. The average Bonchev–Trinajstić information content (AvgIpc) is 2.22. The van der Waals surface area contributed by atoms with E-state index in [0.717, 1.165) is 5.56 Å². The predicted molar refractivity (Wildman–Crippen MR) is 80.6 cm³/mol. The van der Waals surface area contributed by atoms with E-state index in [0.29, 0.717) is 16.8 Å². The van der Waals surface area contributed by atoms with Crippen LogP contribution in [-0.2, 0) is 0 Å². The van der Waals surface area contributed by atoms with Gasteiger partial charge in [-0.3, -0.25) is 0 Å². The Labute approximate surface area is 123 Å². The second-order valence-electron chi connectivity index (χ2n) is 5.13. The molecule has 3 N–H and O–H groups in total. The summed E-state index contributed by atoms with van der Waals surface area (Å²) in [4.78, 5) is 0. The number of nitrogens with two attached hydrogens (primary N) is 1. The van der Waals surface area contributed by atoms with Gasteiger partial charge in [-0.1, -0.05) is 20.8 Å². The molecule has 0 bridgehead atoms. The van der Waals surface area contributed by atoms with E-state index in [2.05, 4.69) is 36.7 Å². The molecule has 0 aliphatic rings. The second kappa shape index (κ2) is 6.64. The number of halogens is 2. The average molecular weight is 339 g/mol. The Morgan fingerprint density at radius 3 is 2.39 bits per heavy atom. The molecular weight excluding hydrogens is 318 g/mol. The number of phenols is 1. The van der Waals surface area contributed by atoms with Crippen LogP contribution in [0.2, 0.25) is 0 Å². The highest BCUT2D eigenvalue weighted by Gasteiger charge is 2.24. The summed E-state index contributed by atoms with van der Waals surface area (Å²) in [6.45, 7) is 8.63. The lowest BCUT2D eigenvalue weighted by Crippen LogP contribution is -2.26. The summed E-state index contributed by atoms with van der Waals surface area (Å²) in [5, 5.41) is 9.83. The van der Waals surface area contributed by atoms with Crippen molar-refractivity contribution in [2.75, 3.05) is 6.61 Å². The van der Waals surface area contributed by atoms with E-state index >= 15 is 0 Å². The molecular formula is C13H21BrClNO2. The Kier molecular flexibility index (Phi) is 6.47. The van der Waals surface area contributed by atoms with E-state index in [4.69, 9.17) is 10.5 Å². The van der Waals surface area contributed by atoms with Crippen molar-refractivity contribution in [3.8, 4) is 11.5 Å². The third-order valence-corrected chi connectivity index (χ3v) is 3.25. The van der Waals surface area contributed by atoms with Crippen LogP contribution in [0.3, 0.4) is 0 Å². The van der Waals surface area contributed by atoms with Crippen molar-refractivity contribution >= 4 is 28.3 Å². The normalized spacial score (nSPS) is 12.8. The lowest BCUT2D eigenvalue weighted by Gasteiger charge is -2.28. The highest BCUT2D eigenvalue weighted by atomic mass is 79.9. The van der Waals surface area contributed by atoms with Crippen LogP contribution in [0.1, 0.15) is 39.3 Å². The number of ether oxygens (including phenoxy) is 1. The highest BCUT2D eigenvalue weighted by Crippen LogP contribution is 2.40. The minimum atomic E-state index is -0.112. The molecule has 0 fully saturated rings. The molecule has 0 heterocycles. The summed E-state index contributed by atoms with van der Waals surface area (Å²) in [5.41, 5.74) is 7.11. The van der Waals surface area contributed by atoms with E-state index in [-0.39, 0.29) is 29.6 Å². The molecule has 0 amide bonds. The van der Waals surface area contributed by atoms with Crippen LogP contribution in [0.15, 0.2) is 16.6 Å². The van der Waals surface area contributed by atoms with Crippen LogP contribution in [0.5, 0.6) is 11.5 Å². The zero-order chi connectivity index (χ0) is 13.2. The number of hydrogen-bond acceptors (Lipinski definition) is 3. The van der Waals surface area contributed by atoms with Gasteiger partial charge in [0.15, 0.2) is 11.5 Å². The van der Waals surface area contributed by atoms with Crippen LogP contribution in [0.4, 0.5) is 0 Å². The van der Waals surface area contributed by atoms with Gasteiger partial charge < -0.3 is 15.6 Å². The first-order valence-electron chi connectivity index (χ1n) is 5.68. The minimum Gasteiger partial charge on any atom is -0.503 e. The standard InChI is InChI=1S/C13H20BrNO2.ClH/c1-5-17-10-7-8(6-9(14)11(10)16)12(15)13(2,3)4;/h6-7,12,16H,5,15H2,1-4H3;1H/t12-;/m0./s1. The number of rotatable bonds is 3. The molecule has 5 heteroatoms. The molecule has 0 saturated carbocycles. The van der Waals surface area contributed by atoms with E-state index in [1.54, 1.807) is 6.07 Å². The quantitative estimate of drug-likeness (QED) is 0.875. The Bertz CT molecular complexity index is 405. The van der Waals surface area contributed by atoms with Crippen molar-refractivity contribution in [1.29, 1.82) is 0 Å². The Hall–Kier alpha value is -0.450. The fourth-order valence-corrected chi connectivity index (χ4v) is 2.00. The smallest absolute Gasteiger partial charge is 0.172 e. The van der Waals surface area contributed by atoms with Gasteiger partial charge in [-0.05, 0) is 46.0 Å². The van der Waals surface area contributed by atoms with Gasteiger partial charge in [0.1, 0.15) is 0 Å². The molecule has 0 radical (unpaired) electrons. The van der Waals surface area contributed by atoms with Gasteiger partial charge in [0.25, 0.3) is 0 Å². The molecule has 1 rings (SSSR count). The van der Waals surface area contributed by atoms with Gasteiger partial charge in [-0.25, -0.2) is 0 Å². The van der Waals surface area contributed by atoms with E-state index in [1.165, 1.54) is 0 Å². The van der Waals surface area contributed by atoms with Crippen LogP contribution in [-0.4, -0.2) is 11.7 Å². The molecule has 0 aliphatic heterocycles. The zero-order valence-corrected chi connectivity index (χ0v) is 13.6. The number of aromatic hydroxyl groups is 1. The highest BCUT2D eigenvalue weighted by molar-refractivity contribution is 9.10. The van der Waals surface area contributed by atoms with Crippen molar-refractivity contribution in [2.45, 2.75) is 33.7 Å². The van der Waals surface area contributed by atoms with E-state index < -0.39 is 0 Å². The number of hydrogen-bond donors (Lipinski definition) is 2. The lowest BCUT2D eigenvalue weighted by molar-refractivity contribution is 0.309. The van der Waals surface area contributed by atoms with Gasteiger partial charge in [0, 0.05) is 6.04 Å². The van der Waals surface area contributed by atoms with Crippen molar-refractivity contribution < 1.29 is 9.84 Å². The molecule has 1 aromatic carbocycles. The van der Waals surface area contributed by atoms with Crippen LogP contribution >= 0.6 is 28.3 Å². The summed E-state index contributed by atoms with van der Waals surface area (Å²) in [6.07, 6.45) is 0. The third kappa shape index (κ3) is 4.04. The van der Waals surface area contributed by atoms with E-state index in [1.807, 2.05) is 13.0 Å². The van der Waals surface area contributed by atoms with E-state index in [9.17, 15) is 5.11 Å². The minimum absolute atomic E-state index is 0. The molecule has 1 atom stereocenters. The van der Waals surface area contributed by atoms with Gasteiger partial charge >= 0.3 is 0 Å². The molecule has 0 aliphatic carbocycles. The molecule has 0 aromatic heterocycles. The van der Waals surface area contributed by atoms with Crippen molar-refractivity contribution in [1.82, 2.24) is 0 Å². The van der Waals surface area contributed by atoms with Gasteiger partial charge in [0.2, 0.25) is 0 Å². The Morgan fingerprint density at radius 1 is 1.39 bits per heavy atom. The SMILES string of the molecule is CCOc1cc([C@H](N)C(C)(C)C)cc(Br)c1O.Cl. The van der Waals surface area contributed by atoms with Gasteiger partial charge in [-0.15, -0.1) is 12.4 Å². The summed E-state index contributed by atoms with van der Waals surface area (Å²) in [7, 11) is 0. The van der Waals surface area contributed by atoms with Crippen molar-refractivity contribution in [3.05, 3.63) is 22.2 Å². The lowest BCUT2D eigenvalue weighted by atomic mass is 9.83. The van der Waals surface area contributed by atoms with Crippen LogP contribution in [0.25, 0.3) is 0 Å².